The van der Waals surface area contributed by atoms with Crippen LogP contribution in [0.5, 0.6) is 0 Å². The first kappa shape index (κ1) is 77.8. The summed E-state index contributed by atoms with van der Waals surface area (Å²) in [6.45, 7) is 28.5. The van der Waals surface area contributed by atoms with Gasteiger partial charge in [0, 0.05) is 49.3 Å². The van der Waals surface area contributed by atoms with Gasteiger partial charge in [-0.1, -0.05) is 102 Å². The van der Waals surface area contributed by atoms with E-state index in [1.807, 2.05) is 55.4 Å². The number of carbonyl (C=O) groups excluding carboxylic acids is 11. The van der Waals surface area contributed by atoms with Gasteiger partial charge in [-0.3, -0.25) is 52.7 Å². The van der Waals surface area contributed by atoms with E-state index in [1.54, 1.807) is 53.7 Å². The Morgan fingerprint density at radius 3 is 1.27 bits per heavy atom. The maximum absolute atomic E-state index is 15.1. The Labute approximate surface area is 513 Å². The SMILES string of the molecule is C/C=C/CC(C)C(O)C1C(=O)NC(C(C)O)C(=O)N(C)CC(=O)N(C)C(CC(C)C)C(=O)NC(C(C)C)C(=O)N(C)C(CC(C)C)C(=O)NC(C)C(=O)NC(C)C(=O)N(C)C(CC(C)C)C(=O)N(C)C(CC(C)C)C(=O)N(C)C(C(C)C)C(=O)N1C. The summed E-state index contributed by atoms with van der Waals surface area (Å²) in [6, 6.07) is -13.2. The summed E-state index contributed by atoms with van der Waals surface area (Å²) in [7, 11) is 9.62. The molecule has 1 heterocycles. The Morgan fingerprint density at radius 1 is 0.430 bits per heavy atom. The van der Waals surface area contributed by atoms with Gasteiger partial charge in [-0.05, 0) is 101 Å². The third kappa shape index (κ3) is 21.6. The molecule has 0 aromatic rings. The number of amides is 11. The molecule has 1 aliphatic rings. The molecular weight excluding hydrogens is 1110 g/mol. The van der Waals surface area contributed by atoms with Gasteiger partial charge in [0.1, 0.15) is 60.4 Å². The minimum absolute atomic E-state index is 0.113. The van der Waals surface area contributed by atoms with Gasteiger partial charge in [0.2, 0.25) is 65.0 Å². The van der Waals surface area contributed by atoms with Gasteiger partial charge < -0.3 is 65.8 Å². The number of allylic oxidation sites excluding steroid dienone is 2. The van der Waals surface area contributed by atoms with Crippen LogP contribution in [0.1, 0.15) is 150 Å². The zero-order chi connectivity index (χ0) is 66.8. The molecule has 11 amide bonds. The highest BCUT2D eigenvalue weighted by atomic mass is 16.3. The lowest BCUT2D eigenvalue weighted by Crippen LogP contribution is -2.64. The van der Waals surface area contributed by atoms with Crippen molar-refractivity contribution in [2.45, 2.75) is 222 Å². The van der Waals surface area contributed by atoms with Crippen molar-refractivity contribution in [2.75, 3.05) is 55.9 Å². The average Bonchev–Trinajstić information content (AvgIpc) is 2.16. The molecule has 492 valence electrons. The zero-order valence-corrected chi connectivity index (χ0v) is 56.4. The molecular formula is C62H111N11O13. The first-order valence-corrected chi connectivity index (χ1v) is 30.6. The number of nitrogens with zero attached hydrogens (tertiary/aromatic N) is 7. The monoisotopic (exact) mass is 1220 g/mol. The van der Waals surface area contributed by atoms with Gasteiger partial charge in [0.15, 0.2) is 0 Å². The Bertz CT molecular complexity index is 2360. The number of hydrogen-bond acceptors (Lipinski definition) is 13. The normalized spacial score (nSPS) is 27.1. The van der Waals surface area contributed by atoms with E-state index in [0.717, 1.165) is 14.7 Å². The molecule has 0 saturated carbocycles. The van der Waals surface area contributed by atoms with Crippen molar-refractivity contribution in [3.8, 4) is 0 Å². The van der Waals surface area contributed by atoms with Crippen molar-refractivity contribution >= 4 is 65.0 Å². The molecule has 0 bridgehead atoms. The molecule has 6 N–H and O–H groups in total. The maximum atomic E-state index is 15.1. The van der Waals surface area contributed by atoms with Crippen molar-refractivity contribution in [1.29, 1.82) is 0 Å². The number of likely N-dealkylation sites (N-methyl/N-ethyl adjacent to an activating group) is 7. The third-order valence-electron chi connectivity index (χ3n) is 16.1. The van der Waals surface area contributed by atoms with Crippen LogP contribution in [0.25, 0.3) is 0 Å². The van der Waals surface area contributed by atoms with E-state index in [1.165, 1.54) is 89.7 Å². The fraction of sp³-hybridized carbons (Fsp3) is 0.790. The number of aliphatic hydroxyl groups excluding tert-OH is 2. The molecule has 0 aromatic carbocycles. The second-order valence-electron chi connectivity index (χ2n) is 26.4. The summed E-state index contributed by atoms with van der Waals surface area (Å²) in [4.78, 5) is 168. The van der Waals surface area contributed by atoms with Crippen molar-refractivity contribution < 1.29 is 63.0 Å². The molecule has 0 aromatic heterocycles. The molecule has 1 aliphatic heterocycles. The van der Waals surface area contributed by atoms with Gasteiger partial charge in [0.25, 0.3) is 0 Å². The third-order valence-corrected chi connectivity index (χ3v) is 16.1. The van der Waals surface area contributed by atoms with Gasteiger partial charge in [-0.15, -0.1) is 0 Å². The van der Waals surface area contributed by atoms with E-state index in [4.69, 9.17) is 0 Å². The first-order valence-electron chi connectivity index (χ1n) is 30.6. The van der Waals surface area contributed by atoms with Crippen LogP contribution in [0, 0.1) is 41.4 Å². The lowest BCUT2D eigenvalue weighted by molar-refractivity contribution is -0.157. The van der Waals surface area contributed by atoms with Gasteiger partial charge in [0.05, 0.1) is 18.8 Å². The topological polar surface area (TPSA) is 299 Å². The molecule has 13 atom stereocenters. The van der Waals surface area contributed by atoms with E-state index in [2.05, 4.69) is 21.3 Å². The first-order chi connectivity index (χ1) is 39.6. The smallest absolute Gasteiger partial charge is 0.248 e. The molecule has 0 spiro atoms. The van der Waals surface area contributed by atoms with E-state index >= 15 is 9.59 Å². The Kier molecular flexibility index (Phi) is 31.7. The van der Waals surface area contributed by atoms with E-state index in [9.17, 15) is 53.4 Å². The summed E-state index contributed by atoms with van der Waals surface area (Å²) in [5.41, 5.74) is 0. The van der Waals surface area contributed by atoms with E-state index in [0.29, 0.717) is 0 Å². The van der Waals surface area contributed by atoms with Crippen LogP contribution >= 0.6 is 0 Å². The molecule has 1 fully saturated rings. The number of nitrogens with one attached hydrogen (secondary N) is 4. The quantitative estimate of drug-likeness (QED) is 0.129. The highest BCUT2D eigenvalue weighted by molar-refractivity contribution is 5.99. The number of hydrogen-bond donors (Lipinski definition) is 6. The maximum Gasteiger partial charge on any atom is 0.248 e. The number of aliphatic hydroxyl groups is 2. The fourth-order valence-corrected chi connectivity index (χ4v) is 10.7. The van der Waals surface area contributed by atoms with Crippen LogP contribution in [0.4, 0.5) is 0 Å². The van der Waals surface area contributed by atoms with Crippen LogP contribution in [-0.4, -0.2) is 238 Å². The van der Waals surface area contributed by atoms with Crippen molar-refractivity contribution in [2.24, 2.45) is 41.4 Å². The molecule has 13 unspecified atom stereocenters. The molecule has 1 rings (SSSR count). The molecule has 0 radical (unpaired) electrons. The lowest BCUT2D eigenvalue weighted by Gasteiger charge is -2.41. The van der Waals surface area contributed by atoms with Crippen LogP contribution in [0.15, 0.2) is 12.2 Å². The average molecular weight is 1220 g/mol. The Balaban J connectivity index is 4.37. The minimum Gasteiger partial charge on any atom is -0.391 e. The van der Waals surface area contributed by atoms with Crippen LogP contribution in [0.3, 0.4) is 0 Å². The Morgan fingerprint density at radius 2 is 0.826 bits per heavy atom. The van der Waals surface area contributed by atoms with Crippen LogP contribution in [-0.2, 0) is 52.7 Å². The Hall–Kier alpha value is -6.17. The van der Waals surface area contributed by atoms with Gasteiger partial charge in [-0.2, -0.15) is 0 Å². The minimum atomic E-state index is -1.74. The molecule has 24 heteroatoms. The second-order valence-corrected chi connectivity index (χ2v) is 26.4. The van der Waals surface area contributed by atoms with E-state index in [-0.39, 0.29) is 55.8 Å². The fourth-order valence-electron chi connectivity index (χ4n) is 10.7. The lowest BCUT2D eigenvalue weighted by atomic mass is 9.91. The van der Waals surface area contributed by atoms with Crippen molar-refractivity contribution in [3.05, 3.63) is 12.2 Å². The number of rotatable bonds is 15. The molecule has 1 saturated heterocycles. The molecule has 0 aliphatic carbocycles. The predicted octanol–water partition coefficient (Wildman–Crippen LogP) is 2.24. The summed E-state index contributed by atoms with van der Waals surface area (Å²) in [5, 5.41) is 34.0. The summed E-state index contributed by atoms with van der Waals surface area (Å²) >= 11 is 0. The largest absolute Gasteiger partial charge is 0.391 e. The zero-order valence-electron chi connectivity index (χ0n) is 56.4. The predicted molar refractivity (Wildman–Crippen MR) is 330 cm³/mol. The summed E-state index contributed by atoms with van der Waals surface area (Å²) in [6.07, 6.45) is 1.10. The summed E-state index contributed by atoms with van der Waals surface area (Å²) in [5.74, 6) is -10.7. The van der Waals surface area contributed by atoms with E-state index < -0.39 is 162 Å². The van der Waals surface area contributed by atoms with Crippen LogP contribution in [0.2, 0.25) is 0 Å². The highest BCUT2D eigenvalue weighted by Gasteiger charge is 2.46. The van der Waals surface area contributed by atoms with Crippen LogP contribution < -0.4 is 21.3 Å². The van der Waals surface area contributed by atoms with Crippen molar-refractivity contribution in [3.63, 3.8) is 0 Å². The van der Waals surface area contributed by atoms with Gasteiger partial charge in [-0.25, -0.2) is 0 Å². The summed E-state index contributed by atoms with van der Waals surface area (Å²) < 4.78 is 0. The second kappa shape index (κ2) is 35.0. The van der Waals surface area contributed by atoms with Crippen molar-refractivity contribution in [1.82, 2.24) is 55.6 Å². The van der Waals surface area contributed by atoms with Gasteiger partial charge >= 0.3 is 0 Å². The standard InChI is InChI=1S/C62H111N11O13/c1-25-26-27-39(14)52(76)51-56(80)66-49(42(17)74)60(84)67(18)32-47(75)68(19)43(28-33(2)3)55(79)65-48(37(10)11)61(85)69(20)44(29-34(4)5)54(78)63-40(15)53(77)64-41(16)57(81)70(21)45(30-35(6)7)58(82)71(22)46(31-36(8)9)59(83)72(23)50(38(12)13)62(86)73(51)24/h25-26,33-46,48-52,74,76H,27-32H2,1-24H3,(H,63,78)(H,64,77)(H,65,79)(H,66,80)/b26-25+. The number of carbonyl (C=O) groups is 11. The highest BCUT2D eigenvalue weighted by Crippen LogP contribution is 2.26. The molecule has 24 nitrogen and oxygen atoms in total. The molecule has 86 heavy (non-hydrogen) atoms.